The van der Waals surface area contributed by atoms with Crippen LogP contribution >= 0.6 is 11.6 Å². The average molecular weight is 276 g/mol. The molecule has 0 aliphatic carbocycles. The number of ether oxygens (including phenoxy) is 1. The molecule has 1 unspecified atom stereocenters. The van der Waals surface area contributed by atoms with E-state index in [-0.39, 0.29) is 0 Å². The van der Waals surface area contributed by atoms with Crippen LogP contribution in [0, 0.1) is 0 Å². The Bertz CT molecular complexity index is 532. The molecule has 2 N–H and O–H groups in total. The first-order chi connectivity index (χ1) is 9.04. The van der Waals surface area contributed by atoms with Gasteiger partial charge in [-0.15, -0.1) is 0 Å². The highest BCUT2D eigenvalue weighted by Gasteiger charge is 2.23. The summed E-state index contributed by atoms with van der Waals surface area (Å²) in [6.07, 6.45) is 0. The van der Waals surface area contributed by atoms with Gasteiger partial charge in [0.1, 0.15) is 5.75 Å². The van der Waals surface area contributed by atoms with Gasteiger partial charge in [0.2, 0.25) is 0 Å². The largest absolute Gasteiger partial charge is 0.494 e. The quantitative estimate of drug-likeness (QED) is 0.917. The minimum Gasteiger partial charge on any atom is -0.494 e. The highest BCUT2D eigenvalue weighted by atomic mass is 35.5. The second kappa shape index (κ2) is 5.64. The molecule has 2 aromatic carbocycles. The summed E-state index contributed by atoms with van der Waals surface area (Å²) in [5, 5.41) is 0.714. The topological polar surface area (TPSA) is 35.2 Å². The normalized spacial score (nSPS) is 13.9. The van der Waals surface area contributed by atoms with Gasteiger partial charge in [-0.3, -0.25) is 0 Å². The lowest BCUT2D eigenvalue weighted by atomic mass is 9.86. The highest BCUT2D eigenvalue weighted by Crippen LogP contribution is 2.28. The van der Waals surface area contributed by atoms with Gasteiger partial charge in [-0.05, 0) is 49.2 Å². The number of hydrogen-bond acceptors (Lipinski definition) is 2. The number of hydrogen-bond donors (Lipinski definition) is 1. The molecule has 0 aromatic heterocycles. The SMILES string of the molecule is CCOc1ccc(C(C)(N)c2ccc(Cl)cc2)cc1. The lowest BCUT2D eigenvalue weighted by Crippen LogP contribution is -2.34. The number of benzene rings is 2. The standard InChI is InChI=1S/C16H18ClNO/c1-3-19-15-10-6-13(7-11-15)16(2,18)12-4-8-14(17)9-5-12/h4-11H,3,18H2,1-2H3. The molecule has 0 radical (unpaired) electrons. The van der Waals surface area contributed by atoms with E-state index in [1.165, 1.54) is 0 Å². The molecule has 2 rings (SSSR count). The summed E-state index contributed by atoms with van der Waals surface area (Å²) in [5.74, 6) is 0.859. The molecule has 0 fully saturated rings. The van der Waals surface area contributed by atoms with Gasteiger partial charge in [0.05, 0.1) is 12.1 Å². The third-order valence-electron chi connectivity index (χ3n) is 3.21. The van der Waals surface area contributed by atoms with Crippen LogP contribution in [-0.2, 0) is 5.54 Å². The molecule has 100 valence electrons. The zero-order valence-corrected chi connectivity index (χ0v) is 11.9. The van der Waals surface area contributed by atoms with Crippen molar-refractivity contribution in [2.24, 2.45) is 5.73 Å². The Morgan fingerprint density at radius 2 is 1.47 bits per heavy atom. The van der Waals surface area contributed by atoms with Gasteiger partial charge in [-0.1, -0.05) is 35.9 Å². The molecule has 0 amide bonds. The molecule has 2 aromatic rings. The molecule has 0 aliphatic heterocycles. The van der Waals surface area contributed by atoms with Gasteiger partial charge in [0.15, 0.2) is 0 Å². The summed E-state index contributed by atoms with van der Waals surface area (Å²) < 4.78 is 5.44. The second-order valence-corrected chi connectivity index (χ2v) is 5.10. The molecular weight excluding hydrogens is 258 g/mol. The van der Waals surface area contributed by atoms with E-state index >= 15 is 0 Å². The van der Waals surface area contributed by atoms with Crippen LogP contribution in [0.4, 0.5) is 0 Å². The fourth-order valence-electron chi connectivity index (χ4n) is 2.03. The zero-order valence-electron chi connectivity index (χ0n) is 11.2. The van der Waals surface area contributed by atoms with E-state index in [9.17, 15) is 0 Å². The van der Waals surface area contributed by atoms with Gasteiger partial charge in [-0.2, -0.15) is 0 Å². The Morgan fingerprint density at radius 3 is 1.95 bits per heavy atom. The van der Waals surface area contributed by atoms with Crippen LogP contribution in [0.1, 0.15) is 25.0 Å². The number of rotatable bonds is 4. The average Bonchev–Trinajstić information content (AvgIpc) is 2.40. The van der Waals surface area contributed by atoms with Crippen LogP contribution in [0.3, 0.4) is 0 Å². The van der Waals surface area contributed by atoms with Crippen LogP contribution in [0.25, 0.3) is 0 Å². The maximum absolute atomic E-state index is 6.45. The first kappa shape index (κ1) is 13.9. The summed E-state index contributed by atoms with van der Waals surface area (Å²) in [6, 6.07) is 15.5. The molecule has 0 bridgehead atoms. The minimum absolute atomic E-state index is 0.546. The van der Waals surface area contributed by atoms with Gasteiger partial charge in [0.25, 0.3) is 0 Å². The van der Waals surface area contributed by atoms with E-state index in [0.717, 1.165) is 16.9 Å². The Hall–Kier alpha value is -1.51. The lowest BCUT2D eigenvalue weighted by molar-refractivity contribution is 0.340. The van der Waals surface area contributed by atoms with Gasteiger partial charge < -0.3 is 10.5 Å². The molecule has 1 atom stereocenters. The fourth-order valence-corrected chi connectivity index (χ4v) is 2.15. The summed E-state index contributed by atoms with van der Waals surface area (Å²) in [5.41, 5.74) is 7.97. The summed E-state index contributed by atoms with van der Waals surface area (Å²) in [4.78, 5) is 0. The second-order valence-electron chi connectivity index (χ2n) is 4.67. The van der Waals surface area contributed by atoms with E-state index < -0.39 is 5.54 Å². The molecule has 0 aliphatic rings. The molecule has 3 heteroatoms. The maximum Gasteiger partial charge on any atom is 0.119 e. The molecule has 0 heterocycles. The van der Waals surface area contributed by atoms with Gasteiger partial charge in [-0.25, -0.2) is 0 Å². The van der Waals surface area contributed by atoms with Crippen molar-refractivity contribution in [3.8, 4) is 5.75 Å². The first-order valence-corrected chi connectivity index (χ1v) is 6.70. The molecule has 0 spiro atoms. The van der Waals surface area contributed by atoms with Crippen molar-refractivity contribution in [3.05, 3.63) is 64.7 Å². The van der Waals surface area contributed by atoms with E-state index in [1.807, 2.05) is 62.4 Å². The smallest absolute Gasteiger partial charge is 0.119 e. The number of nitrogens with two attached hydrogens (primary N) is 1. The van der Waals surface area contributed by atoms with Crippen LogP contribution in [0.5, 0.6) is 5.75 Å². The van der Waals surface area contributed by atoms with Gasteiger partial charge >= 0.3 is 0 Å². The predicted octanol–water partition coefficient (Wildman–Crippen LogP) is 3.96. The van der Waals surface area contributed by atoms with Crippen molar-refractivity contribution >= 4 is 11.6 Å². The molecule has 2 nitrogen and oxygen atoms in total. The van der Waals surface area contributed by atoms with Crippen molar-refractivity contribution in [2.45, 2.75) is 19.4 Å². The third kappa shape index (κ3) is 3.09. The van der Waals surface area contributed by atoms with E-state index in [1.54, 1.807) is 0 Å². The van der Waals surface area contributed by atoms with Crippen LogP contribution < -0.4 is 10.5 Å². The van der Waals surface area contributed by atoms with Crippen LogP contribution in [0.15, 0.2) is 48.5 Å². The minimum atomic E-state index is -0.546. The summed E-state index contributed by atoms with van der Waals surface area (Å²) in [6.45, 7) is 4.62. The van der Waals surface area contributed by atoms with Gasteiger partial charge in [0, 0.05) is 5.02 Å². The zero-order chi connectivity index (χ0) is 13.9. The first-order valence-electron chi connectivity index (χ1n) is 6.32. The Morgan fingerprint density at radius 1 is 1.00 bits per heavy atom. The number of halogens is 1. The van der Waals surface area contributed by atoms with Crippen molar-refractivity contribution in [2.75, 3.05) is 6.61 Å². The summed E-state index contributed by atoms with van der Waals surface area (Å²) in [7, 11) is 0. The Labute approximate surface area is 119 Å². The van der Waals surface area contributed by atoms with E-state index in [4.69, 9.17) is 22.1 Å². The molecule has 0 saturated carbocycles. The summed E-state index contributed by atoms with van der Waals surface area (Å²) >= 11 is 5.91. The predicted molar refractivity (Wildman–Crippen MR) is 79.7 cm³/mol. The fraction of sp³-hybridized carbons (Fsp3) is 0.250. The van der Waals surface area contributed by atoms with Crippen molar-refractivity contribution in [1.82, 2.24) is 0 Å². The van der Waals surface area contributed by atoms with Crippen LogP contribution in [-0.4, -0.2) is 6.61 Å². The van der Waals surface area contributed by atoms with Crippen LogP contribution in [0.2, 0.25) is 5.02 Å². The molecule has 19 heavy (non-hydrogen) atoms. The van der Waals surface area contributed by atoms with E-state index in [0.29, 0.717) is 11.6 Å². The molecule has 0 saturated heterocycles. The Balaban J connectivity index is 2.30. The van der Waals surface area contributed by atoms with Crippen molar-refractivity contribution < 1.29 is 4.74 Å². The monoisotopic (exact) mass is 275 g/mol. The molecular formula is C16H18ClNO. The maximum atomic E-state index is 6.45. The Kier molecular flexibility index (Phi) is 4.13. The highest BCUT2D eigenvalue weighted by molar-refractivity contribution is 6.30. The van der Waals surface area contributed by atoms with E-state index in [2.05, 4.69) is 0 Å². The third-order valence-corrected chi connectivity index (χ3v) is 3.46. The lowest BCUT2D eigenvalue weighted by Gasteiger charge is -2.26. The van der Waals surface area contributed by atoms with Crippen molar-refractivity contribution in [3.63, 3.8) is 0 Å². The van der Waals surface area contributed by atoms with Crippen molar-refractivity contribution in [1.29, 1.82) is 0 Å².